The average Bonchev–Trinajstić information content (AvgIpc) is 2.63. The van der Waals surface area contributed by atoms with Crippen LogP contribution in [0.3, 0.4) is 0 Å². The third kappa shape index (κ3) is 6.94. The highest BCUT2D eigenvalue weighted by Crippen LogP contribution is 2.22. The Morgan fingerprint density at radius 1 is 0.379 bits per heavy atom. The summed E-state index contributed by atoms with van der Waals surface area (Å²) in [4.78, 5) is 0. The van der Waals surface area contributed by atoms with Crippen molar-refractivity contribution in [3.8, 4) is 0 Å². The Hall–Kier alpha value is -3.94. The first-order valence-electron chi connectivity index (χ1n) is 8.86. The SMILES string of the molecule is Cc1cc(N)c(N)cc1N.Cc1cc(N)c(N)cc1N.Cc1ccc(N)cc1N. The number of benzene rings is 3. The monoisotopic (exact) mass is 396 g/mol. The molecule has 3 aromatic carbocycles. The van der Waals surface area contributed by atoms with Crippen LogP contribution in [0.25, 0.3) is 0 Å². The van der Waals surface area contributed by atoms with E-state index in [0.29, 0.717) is 34.1 Å². The van der Waals surface area contributed by atoms with Crippen LogP contribution in [-0.2, 0) is 0 Å². The average molecular weight is 397 g/mol. The quantitative estimate of drug-likeness (QED) is 0.264. The van der Waals surface area contributed by atoms with Gasteiger partial charge in [0.2, 0.25) is 0 Å². The van der Waals surface area contributed by atoms with Gasteiger partial charge in [0.25, 0.3) is 0 Å². The van der Waals surface area contributed by atoms with Crippen LogP contribution in [0, 0.1) is 20.8 Å². The second-order valence-electron chi connectivity index (χ2n) is 6.79. The van der Waals surface area contributed by atoms with Gasteiger partial charge in [0, 0.05) is 22.7 Å². The Bertz CT molecular complexity index is 827. The molecule has 0 bridgehead atoms. The Kier molecular flexibility index (Phi) is 7.84. The van der Waals surface area contributed by atoms with Crippen molar-refractivity contribution in [3.63, 3.8) is 0 Å². The number of rotatable bonds is 0. The Morgan fingerprint density at radius 2 is 0.724 bits per heavy atom. The van der Waals surface area contributed by atoms with Crippen LogP contribution in [-0.4, -0.2) is 0 Å². The molecule has 0 unspecified atom stereocenters. The Morgan fingerprint density at radius 3 is 1.03 bits per heavy atom. The molecular formula is C21H32N8. The lowest BCUT2D eigenvalue weighted by molar-refractivity contribution is 1.47. The summed E-state index contributed by atoms with van der Waals surface area (Å²) >= 11 is 0. The van der Waals surface area contributed by atoms with Gasteiger partial charge in [-0.25, -0.2) is 0 Å². The Balaban J connectivity index is 0.000000218. The molecule has 0 amide bonds. The fourth-order valence-corrected chi connectivity index (χ4v) is 2.19. The first kappa shape index (κ1) is 23.1. The van der Waals surface area contributed by atoms with Crippen molar-refractivity contribution in [2.45, 2.75) is 20.8 Å². The molecule has 8 nitrogen and oxygen atoms in total. The predicted molar refractivity (Wildman–Crippen MR) is 129 cm³/mol. The molecule has 0 aromatic heterocycles. The minimum absolute atomic E-state index is 0.545. The maximum atomic E-state index is 5.55. The molecule has 8 heteroatoms. The highest BCUT2D eigenvalue weighted by Gasteiger charge is 1.98. The number of aryl methyl sites for hydroxylation is 3. The molecule has 0 aliphatic heterocycles. The van der Waals surface area contributed by atoms with Gasteiger partial charge >= 0.3 is 0 Å². The molecule has 0 atom stereocenters. The lowest BCUT2D eigenvalue weighted by atomic mass is 10.1. The van der Waals surface area contributed by atoms with E-state index < -0.39 is 0 Å². The molecule has 0 aliphatic rings. The molecule has 0 fully saturated rings. The highest BCUT2D eigenvalue weighted by molar-refractivity contribution is 5.71. The molecule has 16 N–H and O–H groups in total. The van der Waals surface area contributed by atoms with Crippen LogP contribution in [0.4, 0.5) is 45.5 Å². The van der Waals surface area contributed by atoms with E-state index in [4.69, 9.17) is 45.9 Å². The predicted octanol–water partition coefficient (Wildman–Crippen LogP) is 2.64. The van der Waals surface area contributed by atoms with Crippen LogP contribution < -0.4 is 45.9 Å². The van der Waals surface area contributed by atoms with Crippen LogP contribution in [0.5, 0.6) is 0 Å². The molecule has 3 aromatic rings. The molecule has 0 spiro atoms. The van der Waals surface area contributed by atoms with Crippen LogP contribution >= 0.6 is 0 Å². The summed E-state index contributed by atoms with van der Waals surface area (Å²) < 4.78 is 0. The van der Waals surface area contributed by atoms with Crippen molar-refractivity contribution in [3.05, 3.63) is 59.2 Å². The second-order valence-corrected chi connectivity index (χ2v) is 6.79. The molecular weight excluding hydrogens is 364 g/mol. The molecule has 0 heterocycles. The van der Waals surface area contributed by atoms with Gasteiger partial charge in [-0.05, 0) is 73.9 Å². The van der Waals surface area contributed by atoms with Gasteiger partial charge in [-0.15, -0.1) is 0 Å². The molecule has 3 rings (SSSR count). The summed E-state index contributed by atoms with van der Waals surface area (Å²) in [5.41, 5.74) is 52.2. The second kappa shape index (κ2) is 9.84. The summed E-state index contributed by atoms with van der Waals surface area (Å²) in [7, 11) is 0. The maximum absolute atomic E-state index is 5.55. The summed E-state index contributed by atoms with van der Waals surface area (Å²) in [5, 5.41) is 0. The van der Waals surface area contributed by atoms with Crippen LogP contribution in [0.1, 0.15) is 16.7 Å². The number of hydrogen-bond acceptors (Lipinski definition) is 8. The van der Waals surface area contributed by atoms with Crippen molar-refractivity contribution in [1.29, 1.82) is 0 Å². The van der Waals surface area contributed by atoms with E-state index in [-0.39, 0.29) is 0 Å². The van der Waals surface area contributed by atoms with Crippen molar-refractivity contribution >= 4 is 45.5 Å². The van der Waals surface area contributed by atoms with Gasteiger partial charge in [0.15, 0.2) is 0 Å². The Labute approximate surface area is 171 Å². The van der Waals surface area contributed by atoms with Crippen LogP contribution in [0.2, 0.25) is 0 Å². The number of anilines is 8. The molecule has 156 valence electrons. The third-order valence-electron chi connectivity index (χ3n) is 4.25. The molecule has 29 heavy (non-hydrogen) atoms. The largest absolute Gasteiger partial charge is 0.399 e. The van der Waals surface area contributed by atoms with Crippen molar-refractivity contribution < 1.29 is 0 Å². The van der Waals surface area contributed by atoms with E-state index in [9.17, 15) is 0 Å². The molecule has 0 saturated heterocycles. The van der Waals surface area contributed by atoms with Gasteiger partial charge in [0.05, 0.1) is 22.7 Å². The van der Waals surface area contributed by atoms with Gasteiger partial charge in [0.1, 0.15) is 0 Å². The molecule has 0 aliphatic carbocycles. The number of nitrogens with two attached hydrogens (primary N) is 8. The van der Waals surface area contributed by atoms with E-state index in [1.807, 2.05) is 32.9 Å². The summed E-state index contributed by atoms with van der Waals surface area (Å²) in [6.07, 6.45) is 0. The van der Waals surface area contributed by atoms with Crippen molar-refractivity contribution in [2.24, 2.45) is 0 Å². The van der Waals surface area contributed by atoms with Crippen molar-refractivity contribution in [1.82, 2.24) is 0 Å². The summed E-state index contributed by atoms with van der Waals surface area (Å²) in [6, 6.07) is 12.4. The zero-order valence-corrected chi connectivity index (χ0v) is 17.2. The van der Waals surface area contributed by atoms with Gasteiger partial charge in [-0.2, -0.15) is 0 Å². The third-order valence-corrected chi connectivity index (χ3v) is 4.25. The van der Waals surface area contributed by atoms with Crippen LogP contribution in [0.15, 0.2) is 42.5 Å². The summed E-state index contributed by atoms with van der Waals surface area (Å²) in [6.45, 7) is 5.74. The zero-order chi connectivity index (χ0) is 22.3. The van der Waals surface area contributed by atoms with Gasteiger partial charge in [-0.3, -0.25) is 0 Å². The van der Waals surface area contributed by atoms with E-state index in [1.54, 1.807) is 30.3 Å². The van der Waals surface area contributed by atoms with E-state index in [0.717, 1.165) is 28.1 Å². The number of nitrogen functional groups attached to an aromatic ring is 8. The minimum atomic E-state index is 0.545. The van der Waals surface area contributed by atoms with E-state index in [2.05, 4.69) is 0 Å². The highest BCUT2D eigenvalue weighted by atomic mass is 14.7. The molecule has 0 radical (unpaired) electrons. The normalized spacial score (nSPS) is 9.62. The van der Waals surface area contributed by atoms with Crippen molar-refractivity contribution in [2.75, 3.05) is 45.9 Å². The first-order valence-corrected chi connectivity index (χ1v) is 8.86. The zero-order valence-electron chi connectivity index (χ0n) is 17.2. The lowest BCUT2D eigenvalue weighted by Gasteiger charge is -2.03. The molecule has 0 saturated carbocycles. The topological polar surface area (TPSA) is 208 Å². The fourth-order valence-electron chi connectivity index (χ4n) is 2.19. The fraction of sp³-hybridized carbons (Fsp3) is 0.143. The minimum Gasteiger partial charge on any atom is -0.399 e. The van der Waals surface area contributed by atoms with E-state index in [1.165, 1.54) is 0 Å². The summed E-state index contributed by atoms with van der Waals surface area (Å²) in [5.74, 6) is 0. The maximum Gasteiger partial charge on any atom is 0.0568 e. The van der Waals surface area contributed by atoms with Gasteiger partial charge < -0.3 is 45.9 Å². The van der Waals surface area contributed by atoms with Gasteiger partial charge in [-0.1, -0.05) is 6.07 Å². The standard InChI is InChI=1S/2C7H11N3.C7H10N2/c2*1-4-2-6(9)7(10)3-5(4)8;1-5-2-3-6(8)4-7(5)9/h2*2-3H,8-10H2,1H3;2-4H,8-9H2,1H3. The number of hydrogen-bond donors (Lipinski definition) is 8. The lowest BCUT2D eigenvalue weighted by Crippen LogP contribution is -1.98. The smallest absolute Gasteiger partial charge is 0.0568 e. The van der Waals surface area contributed by atoms with E-state index >= 15 is 0 Å². The first-order chi connectivity index (χ1) is 13.4.